The van der Waals surface area contributed by atoms with Gasteiger partial charge in [0.1, 0.15) is 0 Å². The van der Waals surface area contributed by atoms with Crippen molar-refractivity contribution < 1.29 is 9.59 Å². The Bertz CT molecular complexity index is 681. The van der Waals surface area contributed by atoms with Crippen LogP contribution >= 0.6 is 0 Å². The summed E-state index contributed by atoms with van der Waals surface area (Å²) in [5.74, 6) is -0.812. The van der Waals surface area contributed by atoms with E-state index in [1.165, 1.54) is 0 Å². The van der Waals surface area contributed by atoms with Gasteiger partial charge in [-0.05, 0) is 0 Å². The molecular formula is C16H16N2O2Se2. The van der Waals surface area contributed by atoms with Gasteiger partial charge < -0.3 is 0 Å². The molecule has 0 heterocycles. The van der Waals surface area contributed by atoms with Crippen molar-refractivity contribution in [2.45, 2.75) is 13.8 Å². The summed E-state index contributed by atoms with van der Waals surface area (Å²) in [6.45, 7) is 3.96. The van der Waals surface area contributed by atoms with Gasteiger partial charge in [0.25, 0.3) is 0 Å². The van der Waals surface area contributed by atoms with E-state index in [0.29, 0.717) is 11.1 Å². The van der Waals surface area contributed by atoms with E-state index in [2.05, 4.69) is 0 Å². The van der Waals surface area contributed by atoms with Crippen molar-refractivity contribution in [3.8, 4) is 0 Å². The SMILES string of the molecule is Cc1cccc(C(N)=O)c1[Se][Se]c1c(C)cccc1C(N)=O. The Kier molecular flexibility index (Phi) is 5.43. The van der Waals surface area contributed by atoms with E-state index in [9.17, 15) is 9.59 Å². The standard InChI is InChI=1S/C16H16N2O2Se2/c1-9-5-3-7-11(15(17)19)13(9)21-22-14-10(2)6-4-8-12(14)16(18)20/h3-8H,1-2H3,(H2,17,19)(H2,18,20). The van der Waals surface area contributed by atoms with Crippen LogP contribution in [-0.2, 0) is 0 Å². The number of hydrogen-bond donors (Lipinski definition) is 2. The Balaban J connectivity index is 2.36. The molecule has 0 aromatic heterocycles. The van der Waals surface area contributed by atoms with Gasteiger partial charge in [0.15, 0.2) is 0 Å². The molecule has 0 aliphatic heterocycles. The number of nitrogens with two attached hydrogens (primary N) is 2. The zero-order valence-electron chi connectivity index (χ0n) is 12.3. The zero-order valence-corrected chi connectivity index (χ0v) is 15.7. The molecule has 4 nitrogen and oxygen atoms in total. The van der Waals surface area contributed by atoms with E-state index in [0.717, 1.165) is 20.1 Å². The molecule has 0 unspecified atom stereocenters. The molecule has 2 aromatic rings. The molecule has 114 valence electrons. The molecule has 0 atom stereocenters. The maximum absolute atomic E-state index is 11.6. The summed E-state index contributed by atoms with van der Waals surface area (Å²) in [6, 6.07) is 11.2. The monoisotopic (exact) mass is 428 g/mol. The van der Waals surface area contributed by atoms with E-state index < -0.39 is 11.8 Å². The molecule has 0 aliphatic rings. The number of aryl methyl sites for hydroxylation is 2. The molecule has 2 rings (SSSR count). The number of hydrogen-bond acceptors (Lipinski definition) is 2. The van der Waals surface area contributed by atoms with Crippen LogP contribution in [0.4, 0.5) is 0 Å². The van der Waals surface area contributed by atoms with Crippen molar-refractivity contribution in [1.29, 1.82) is 0 Å². The summed E-state index contributed by atoms with van der Waals surface area (Å²) >= 11 is 0.109. The maximum atomic E-state index is 11.6. The van der Waals surface area contributed by atoms with Gasteiger partial charge in [0.05, 0.1) is 0 Å². The first-order chi connectivity index (χ1) is 10.4. The van der Waals surface area contributed by atoms with Crippen LogP contribution in [0.5, 0.6) is 0 Å². The molecule has 0 radical (unpaired) electrons. The second-order valence-corrected chi connectivity index (χ2v) is 10.8. The third kappa shape index (κ3) is 3.60. The topological polar surface area (TPSA) is 86.2 Å². The molecule has 0 saturated heterocycles. The van der Waals surface area contributed by atoms with Crippen LogP contribution in [0.15, 0.2) is 36.4 Å². The van der Waals surface area contributed by atoms with E-state index >= 15 is 0 Å². The third-order valence-electron chi connectivity index (χ3n) is 3.16. The van der Waals surface area contributed by atoms with Crippen LogP contribution in [0.2, 0.25) is 0 Å². The van der Waals surface area contributed by atoms with E-state index in [1.807, 2.05) is 38.1 Å². The molecule has 4 N–H and O–H groups in total. The van der Waals surface area contributed by atoms with Crippen LogP contribution < -0.4 is 20.4 Å². The van der Waals surface area contributed by atoms with Gasteiger partial charge in [-0.2, -0.15) is 0 Å². The van der Waals surface area contributed by atoms with Crippen molar-refractivity contribution in [2.75, 3.05) is 0 Å². The predicted molar refractivity (Wildman–Crippen MR) is 90.2 cm³/mol. The summed E-state index contributed by atoms with van der Waals surface area (Å²) in [6.07, 6.45) is 0. The molecule has 0 bridgehead atoms. The summed E-state index contributed by atoms with van der Waals surface area (Å²) in [5, 5.41) is 0. The van der Waals surface area contributed by atoms with Gasteiger partial charge in [-0.15, -0.1) is 0 Å². The van der Waals surface area contributed by atoms with Crippen molar-refractivity contribution in [3.63, 3.8) is 0 Å². The average molecular weight is 426 g/mol. The number of benzene rings is 2. The molecular weight excluding hydrogens is 410 g/mol. The van der Waals surface area contributed by atoms with Crippen LogP contribution in [0.25, 0.3) is 0 Å². The molecule has 22 heavy (non-hydrogen) atoms. The first-order valence-electron chi connectivity index (χ1n) is 6.55. The van der Waals surface area contributed by atoms with E-state index in [-0.39, 0.29) is 26.3 Å². The van der Waals surface area contributed by atoms with Gasteiger partial charge in [0, 0.05) is 0 Å². The van der Waals surface area contributed by atoms with Crippen LogP contribution in [0.1, 0.15) is 31.8 Å². The van der Waals surface area contributed by atoms with Gasteiger partial charge in [-0.25, -0.2) is 0 Å². The minimum absolute atomic E-state index is 0.0546. The summed E-state index contributed by atoms with van der Waals surface area (Å²) in [4.78, 5) is 23.2. The predicted octanol–water partition coefficient (Wildman–Crippen LogP) is -0.225. The summed E-state index contributed by atoms with van der Waals surface area (Å²) in [5.41, 5.74) is 14.2. The Morgan fingerprint density at radius 2 is 1.14 bits per heavy atom. The van der Waals surface area contributed by atoms with E-state index in [4.69, 9.17) is 11.5 Å². The molecule has 2 amide bonds. The summed E-state index contributed by atoms with van der Waals surface area (Å²) in [7, 11) is 0. The molecule has 0 saturated carbocycles. The number of primary amides is 2. The number of amides is 2. The van der Waals surface area contributed by atoms with Crippen molar-refractivity contribution in [3.05, 3.63) is 58.7 Å². The summed E-state index contributed by atoms with van der Waals surface area (Å²) < 4.78 is 2.03. The Morgan fingerprint density at radius 3 is 1.45 bits per heavy atom. The molecule has 2 aromatic carbocycles. The number of carbonyl (C=O) groups is 2. The first kappa shape index (κ1) is 16.8. The van der Waals surface area contributed by atoms with Crippen molar-refractivity contribution in [1.82, 2.24) is 0 Å². The van der Waals surface area contributed by atoms with Crippen LogP contribution in [0.3, 0.4) is 0 Å². The number of rotatable bonds is 5. The first-order valence-corrected chi connectivity index (χ1v) is 12.6. The van der Waals surface area contributed by atoms with Crippen molar-refractivity contribution in [2.24, 2.45) is 11.5 Å². The van der Waals surface area contributed by atoms with Crippen LogP contribution in [0, 0.1) is 13.8 Å². The van der Waals surface area contributed by atoms with Crippen molar-refractivity contribution >= 4 is 47.0 Å². The quantitative estimate of drug-likeness (QED) is 0.648. The van der Waals surface area contributed by atoms with Gasteiger partial charge in [-0.3, -0.25) is 0 Å². The normalized spacial score (nSPS) is 10.5. The second-order valence-electron chi connectivity index (χ2n) is 4.80. The molecule has 0 fully saturated rings. The second kappa shape index (κ2) is 7.12. The third-order valence-corrected chi connectivity index (χ3v) is 10.9. The van der Waals surface area contributed by atoms with Gasteiger partial charge in [-0.1, -0.05) is 0 Å². The fourth-order valence-electron chi connectivity index (χ4n) is 2.00. The number of carbonyl (C=O) groups excluding carboxylic acids is 2. The molecule has 0 aliphatic carbocycles. The van der Waals surface area contributed by atoms with E-state index in [1.54, 1.807) is 12.1 Å². The molecule has 0 spiro atoms. The Hall–Kier alpha value is -1.58. The zero-order chi connectivity index (χ0) is 16.3. The van der Waals surface area contributed by atoms with Gasteiger partial charge >= 0.3 is 141 Å². The van der Waals surface area contributed by atoms with Crippen LogP contribution in [-0.4, -0.2) is 38.1 Å². The van der Waals surface area contributed by atoms with Gasteiger partial charge in [0.2, 0.25) is 0 Å². The fraction of sp³-hybridized carbons (Fsp3) is 0.125. The Labute approximate surface area is 140 Å². The average Bonchev–Trinajstić information content (AvgIpc) is 2.46. The molecule has 6 heteroatoms. The Morgan fingerprint density at radius 1 is 0.773 bits per heavy atom. The fourth-order valence-corrected chi connectivity index (χ4v) is 10.9. The minimum atomic E-state index is -0.406.